The zero-order valence-electron chi connectivity index (χ0n) is 12.3. The van der Waals surface area contributed by atoms with E-state index < -0.39 is 0 Å². The van der Waals surface area contributed by atoms with Gasteiger partial charge in [0.2, 0.25) is 5.91 Å². The molecule has 1 aromatic rings. The van der Waals surface area contributed by atoms with E-state index in [9.17, 15) is 9.90 Å². The van der Waals surface area contributed by atoms with Crippen molar-refractivity contribution in [2.24, 2.45) is 11.8 Å². The molecule has 0 aromatic heterocycles. The summed E-state index contributed by atoms with van der Waals surface area (Å²) >= 11 is 0. The van der Waals surface area contributed by atoms with Gasteiger partial charge in [-0.15, -0.1) is 0 Å². The fraction of sp³-hybridized carbons (Fsp3) is 0.562. The van der Waals surface area contributed by atoms with Gasteiger partial charge in [-0.25, -0.2) is 0 Å². The van der Waals surface area contributed by atoms with Crippen LogP contribution in [0.25, 0.3) is 0 Å². The number of hydrogen-bond acceptors (Lipinski definition) is 2. The van der Waals surface area contributed by atoms with Crippen molar-refractivity contribution in [3.63, 3.8) is 0 Å². The number of carbonyl (C=O) groups excluding carboxylic acids is 1. The Morgan fingerprint density at radius 2 is 1.79 bits per heavy atom. The van der Waals surface area contributed by atoms with Crippen molar-refractivity contribution < 1.29 is 9.90 Å². The number of carbonyl (C=O) groups is 1. The average molecular weight is 263 g/mol. The van der Waals surface area contributed by atoms with Crippen LogP contribution in [0.5, 0.6) is 0 Å². The molecular formula is C16H25NO2. The number of benzene rings is 1. The van der Waals surface area contributed by atoms with Crippen molar-refractivity contribution in [1.29, 1.82) is 0 Å². The van der Waals surface area contributed by atoms with Crippen LogP contribution < -0.4 is 5.32 Å². The van der Waals surface area contributed by atoms with E-state index >= 15 is 0 Å². The fourth-order valence-corrected chi connectivity index (χ4v) is 1.83. The van der Waals surface area contributed by atoms with Crippen molar-refractivity contribution in [2.75, 3.05) is 6.61 Å². The molecule has 0 bridgehead atoms. The highest BCUT2D eigenvalue weighted by Crippen LogP contribution is 2.16. The zero-order chi connectivity index (χ0) is 14.4. The van der Waals surface area contributed by atoms with Gasteiger partial charge in [-0.3, -0.25) is 4.79 Å². The van der Waals surface area contributed by atoms with Crippen molar-refractivity contribution >= 4 is 5.91 Å². The van der Waals surface area contributed by atoms with Crippen molar-refractivity contribution in [1.82, 2.24) is 5.32 Å². The molecule has 3 nitrogen and oxygen atoms in total. The van der Waals surface area contributed by atoms with Crippen LogP contribution in [-0.4, -0.2) is 17.6 Å². The van der Waals surface area contributed by atoms with E-state index in [-0.39, 0.29) is 24.5 Å². The zero-order valence-corrected chi connectivity index (χ0v) is 12.3. The molecule has 0 spiro atoms. The minimum absolute atomic E-state index is 0.00591. The van der Waals surface area contributed by atoms with Gasteiger partial charge in [0.25, 0.3) is 0 Å². The molecule has 19 heavy (non-hydrogen) atoms. The first-order valence-electron chi connectivity index (χ1n) is 6.99. The molecule has 1 aromatic carbocycles. The first-order valence-corrected chi connectivity index (χ1v) is 6.99. The van der Waals surface area contributed by atoms with Crippen LogP contribution in [0.2, 0.25) is 0 Å². The van der Waals surface area contributed by atoms with Gasteiger partial charge < -0.3 is 10.4 Å². The summed E-state index contributed by atoms with van der Waals surface area (Å²) in [5, 5.41) is 12.4. The predicted molar refractivity (Wildman–Crippen MR) is 77.8 cm³/mol. The molecule has 2 unspecified atom stereocenters. The maximum absolute atomic E-state index is 12.0. The lowest BCUT2D eigenvalue weighted by atomic mass is 9.96. The second-order valence-corrected chi connectivity index (χ2v) is 5.37. The smallest absolute Gasteiger partial charge is 0.223 e. The van der Waals surface area contributed by atoms with Crippen LogP contribution in [0.1, 0.15) is 44.9 Å². The molecule has 3 heteroatoms. The highest BCUT2D eigenvalue weighted by molar-refractivity contribution is 5.79. The van der Waals surface area contributed by atoms with Crippen LogP contribution in [0, 0.1) is 11.8 Å². The van der Waals surface area contributed by atoms with Crippen LogP contribution >= 0.6 is 0 Å². The Bertz CT molecular complexity index is 398. The number of aryl methyl sites for hydroxylation is 1. The highest BCUT2D eigenvalue weighted by atomic mass is 16.3. The number of hydrogen-bond donors (Lipinski definition) is 2. The van der Waals surface area contributed by atoms with Crippen molar-refractivity contribution in [3.8, 4) is 0 Å². The van der Waals surface area contributed by atoms with Gasteiger partial charge in [0.15, 0.2) is 0 Å². The predicted octanol–water partition coefficient (Wildman–Crippen LogP) is 2.69. The summed E-state index contributed by atoms with van der Waals surface area (Å²) in [5.74, 6) is 0.236. The Kier molecular flexibility index (Phi) is 6.03. The third-order valence-corrected chi connectivity index (χ3v) is 3.70. The molecule has 0 aliphatic carbocycles. The minimum atomic E-state index is -0.320. The second-order valence-electron chi connectivity index (χ2n) is 5.37. The van der Waals surface area contributed by atoms with Gasteiger partial charge in [-0.05, 0) is 23.5 Å². The third-order valence-electron chi connectivity index (χ3n) is 3.70. The standard InChI is InChI=1S/C16H25NO2/c1-5-13-6-8-14(9-7-13)15(10-18)17-16(19)12(4)11(2)3/h6-9,11-12,15,18H,5,10H2,1-4H3,(H,17,19). The van der Waals surface area contributed by atoms with Crippen LogP contribution in [0.4, 0.5) is 0 Å². The van der Waals surface area contributed by atoms with Crippen LogP contribution in [0.3, 0.4) is 0 Å². The summed E-state index contributed by atoms with van der Waals surface area (Å²) in [4.78, 5) is 12.0. The number of aliphatic hydroxyl groups excluding tert-OH is 1. The highest BCUT2D eigenvalue weighted by Gasteiger charge is 2.20. The first kappa shape index (κ1) is 15.7. The van der Waals surface area contributed by atoms with Gasteiger partial charge >= 0.3 is 0 Å². The average Bonchev–Trinajstić information content (AvgIpc) is 2.43. The van der Waals surface area contributed by atoms with Gasteiger partial charge in [-0.1, -0.05) is 52.0 Å². The molecule has 0 fully saturated rings. The van der Waals surface area contributed by atoms with Gasteiger partial charge in [0.05, 0.1) is 12.6 Å². The number of amides is 1. The quantitative estimate of drug-likeness (QED) is 0.829. The summed E-state index contributed by atoms with van der Waals surface area (Å²) in [6.45, 7) is 7.98. The lowest BCUT2D eigenvalue weighted by molar-refractivity contribution is -0.126. The van der Waals surface area contributed by atoms with E-state index in [1.54, 1.807) is 0 Å². The number of aliphatic hydroxyl groups is 1. The van der Waals surface area contributed by atoms with E-state index in [2.05, 4.69) is 12.2 Å². The van der Waals surface area contributed by atoms with E-state index in [0.29, 0.717) is 5.92 Å². The Hall–Kier alpha value is -1.35. The Morgan fingerprint density at radius 1 is 1.21 bits per heavy atom. The maximum atomic E-state index is 12.0. The molecule has 0 radical (unpaired) electrons. The molecule has 1 amide bonds. The molecule has 0 saturated carbocycles. The van der Waals surface area contributed by atoms with E-state index in [1.807, 2.05) is 45.0 Å². The summed E-state index contributed by atoms with van der Waals surface area (Å²) in [5.41, 5.74) is 2.20. The molecule has 0 saturated heterocycles. The third kappa shape index (κ3) is 4.35. The molecule has 2 atom stereocenters. The summed E-state index contributed by atoms with van der Waals surface area (Å²) < 4.78 is 0. The monoisotopic (exact) mass is 263 g/mol. The van der Waals surface area contributed by atoms with Crippen LogP contribution in [-0.2, 0) is 11.2 Å². The van der Waals surface area contributed by atoms with Gasteiger partial charge in [0, 0.05) is 5.92 Å². The molecule has 0 aliphatic rings. The number of rotatable bonds is 6. The molecule has 1 rings (SSSR count). The molecule has 106 valence electrons. The van der Waals surface area contributed by atoms with E-state index in [1.165, 1.54) is 5.56 Å². The summed E-state index contributed by atoms with van der Waals surface area (Å²) in [6.07, 6.45) is 0.987. The topological polar surface area (TPSA) is 49.3 Å². The van der Waals surface area contributed by atoms with Crippen molar-refractivity contribution in [2.45, 2.75) is 40.2 Å². The minimum Gasteiger partial charge on any atom is -0.394 e. The Labute approximate surface area is 116 Å². The lowest BCUT2D eigenvalue weighted by Gasteiger charge is -2.21. The fourth-order valence-electron chi connectivity index (χ4n) is 1.83. The number of nitrogens with one attached hydrogen (secondary N) is 1. The summed E-state index contributed by atoms with van der Waals surface area (Å²) in [6, 6.07) is 7.70. The maximum Gasteiger partial charge on any atom is 0.223 e. The molecular weight excluding hydrogens is 238 g/mol. The Balaban J connectivity index is 2.74. The van der Waals surface area contributed by atoms with Crippen molar-refractivity contribution in [3.05, 3.63) is 35.4 Å². The first-order chi connectivity index (χ1) is 8.99. The van der Waals surface area contributed by atoms with Gasteiger partial charge in [-0.2, -0.15) is 0 Å². The lowest BCUT2D eigenvalue weighted by Crippen LogP contribution is -2.36. The summed E-state index contributed by atoms with van der Waals surface area (Å²) in [7, 11) is 0. The SMILES string of the molecule is CCc1ccc(C(CO)NC(=O)C(C)C(C)C)cc1. The molecule has 0 heterocycles. The van der Waals surface area contributed by atoms with Gasteiger partial charge in [0.1, 0.15) is 0 Å². The van der Waals surface area contributed by atoms with E-state index in [0.717, 1.165) is 12.0 Å². The second kappa shape index (κ2) is 7.29. The Morgan fingerprint density at radius 3 is 2.21 bits per heavy atom. The van der Waals surface area contributed by atoms with Crippen LogP contribution in [0.15, 0.2) is 24.3 Å². The van der Waals surface area contributed by atoms with E-state index in [4.69, 9.17) is 0 Å². The molecule has 2 N–H and O–H groups in total. The molecule has 0 aliphatic heterocycles. The largest absolute Gasteiger partial charge is 0.394 e. The normalized spacial score (nSPS) is 14.2.